The lowest BCUT2D eigenvalue weighted by Crippen LogP contribution is -2.29. The molecule has 4 rings (SSSR count). The van der Waals surface area contributed by atoms with Crippen LogP contribution in [0.4, 0.5) is 24.8 Å². The average molecular weight is 518 g/mol. The molecule has 1 saturated carbocycles. The number of rotatable bonds is 7. The van der Waals surface area contributed by atoms with Crippen LogP contribution < -0.4 is 10.1 Å². The average Bonchev–Trinajstić information content (AvgIpc) is 3.16. The Morgan fingerprint density at radius 1 is 1.16 bits per heavy atom. The number of benzene rings is 2. The van der Waals surface area contributed by atoms with Crippen molar-refractivity contribution in [3.8, 4) is 5.75 Å². The number of alkyl halides is 3. The molecule has 1 heterocycles. The largest absolute Gasteiger partial charge is 0.496 e. The minimum atomic E-state index is -4.40. The smallest absolute Gasteiger partial charge is 0.416 e. The van der Waals surface area contributed by atoms with Crippen LogP contribution in [0, 0.1) is 11.3 Å². The topological polar surface area (TPSA) is 65.4 Å². The number of imidazole rings is 1. The highest BCUT2D eigenvalue weighted by molar-refractivity contribution is 5.83. The van der Waals surface area contributed by atoms with Gasteiger partial charge in [-0.2, -0.15) is 13.2 Å². The Balaban J connectivity index is 1.79. The predicted octanol–water partition coefficient (Wildman–Crippen LogP) is 7.30. The zero-order valence-electron chi connectivity index (χ0n) is 21.9. The fourth-order valence-corrected chi connectivity index (χ4v) is 5.71. The molecule has 0 spiro atoms. The van der Waals surface area contributed by atoms with Crippen LogP contribution in [0.5, 0.6) is 5.75 Å². The molecule has 0 aliphatic heterocycles. The summed E-state index contributed by atoms with van der Waals surface area (Å²) in [6.07, 6.45) is -0.719. The van der Waals surface area contributed by atoms with E-state index in [0.717, 1.165) is 48.0 Å². The van der Waals surface area contributed by atoms with E-state index in [1.807, 2.05) is 12.1 Å². The lowest BCUT2D eigenvalue weighted by Gasteiger charge is -2.40. The van der Waals surface area contributed by atoms with Gasteiger partial charge in [0.1, 0.15) is 5.75 Å². The van der Waals surface area contributed by atoms with Gasteiger partial charge in [-0.3, -0.25) is 4.79 Å². The number of anilines is 2. The monoisotopic (exact) mass is 517 g/mol. The van der Waals surface area contributed by atoms with Gasteiger partial charge in [-0.1, -0.05) is 20.8 Å². The van der Waals surface area contributed by atoms with Crippen LogP contribution in [0.25, 0.3) is 11.0 Å². The third-order valence-corrected chi connectivity index (χ3v) is 7.12. The van der Waals surface area contributed by atoms with Crippen molar-refractivity contribution >= 4 is 28.6 Å². The highest BCUT2D eigenvalue weighted by Gasteiger charge is 2.35. The van der Waals surface area contributed by atoms with Gasteiger partial charge in [0.2, 0.25) is 5.95 Å². The van der Waals surface area contributed by atoms with E-state index >= 15 is 0 Å². The molecule has 0 amide bonds. The van der Waals surface area contributed by atoms with Crippen molar-refractivity contribution in [2.45, 2.75) is 65.1 Å². The molecule has 1 aliphatic rings. The van der Waals surface area contributed by atoms with Crippen LogP contribution in [-0.4, -0.2) is 29.7 Å². The van der Waals surface area contributed by atoms with Crippen LogP contribution in [-0.2, 0) is 22.1 Å². The van der Waals surface area contributed by atoms with Crippen molar-refractivity contribution in [2.75, 3.05) is 19.5 Å². The molecular weight excluding hydrogens is 483 g/mol. The SMILES string of the molecule is COC(=O)CCc1cc2nc(Nc3ccc(C(F)(F)F)cc3)n([C@@H]3C[C@H](C)CC(C)(C)C3)c2cc1OC. The van der Waals surface area contributed by atoms with E-state index < -0.39 is 11.7 Å². The number of nitrogens with one attached hydrogen (secondary N) is 1. The van der Waals surface area contributed by atoms with Crippen molar-refractivity contribution in [3.63, 3.8) is 0 Å². The number of aromatic nitrogens is 2. The van der Waals surface area contributed by atoms with Crippen LogP contribution in [0.3, 0.4) is 0 Å². The van der Waals surface area contributed by atoms with Crippen molar-refractivity contribution in [1.82, 2.24) is 9.55 Å². The normalized spacial score (nSPS) is 19.6. The lowest BCUT2D eigenvalue weighted by molar-refractivity contribution is -0.140. The third kappa shape index (κ3) is 6.02. The van der Waals surface area contributed by atoms with E-state index in [1.165, 1.54) is 19.2 Å². The second kappa shape index (κ2) is 10.3. The van der Waals surface area contributed by atoms with Crippen molar-refractivity contribution in [3.05, 3.63) is 47.5 Å². The molecule has 0 unspecified atom stereocenters. The van der Waals surface area contributed by atoms with E-state index in [2.05, 4.69) is 30.7 Å². The maximum Gasteiger partial charge on any atom is 0.416 e. The van der Waals surface area contributed by atoms with Crippen LogP contribution in [0.1, 0.15) is 63.6 Å². The number of fused-ring (bicyclic) bond motifs is 1. The summed E-state index contributed by atoms with van der Waals surface area (Å²) in [6.45, 7) is 6.79. The Bertz CT molecular complexity index is 1270. The molecule has 0 bridgehead atoms. The predicted molar refractivity (Wildman–Crippen MR) is 137 cm³/mol. The summed E-state index contributed by atoms with van der Waals surface area (Å²) in [4.78, 5) is 16.6. The molecular formula is C28H34F3N3O3. The number of ether oxygens (including phenoxy) is 2. The van der Waals surface area contributed by atoms with E-state index in [-0.39, 0.29) is 23.8 Å². The minimum Gasteiger partial charge on any atom is -0.496 e. The van der Waals surface area contributed by atoms with E-state index in [4.69, 9.17) is 14.5 Å². The summed E-state index contributed by atoms with van der Waals surface area (Å²) in [5, 5.41) is 3.27. The zero-order chi connectivity index (χ0) is 27.0. The molecule has 3 aromatic rings. The van der Waals surface area contributed by atoms with Crippen LogP contribution in [0.2, 0.25) is 0 Å². The Kier molecular flexibility index (Phi) is 7.44. The first kappa shape index (κ1) is 26.8. The maximum absolute atomic E-state index is 13.1. The zero-order valence-corrected chi connectivity index (χ0v) is 21.9. The number of aryl methyl sites for hydroxylation is 1. The fraction of sp³-hybridized carbons (Fsp3) is 0.500. The summed E-state index contributed by atoms with van der Waals surface area (Å²) >= 11 is 0. The van der Waals surface area contributed by atoms with Gasteiger partial charge in [0.25, 0.3) is 0 Å². The van der Waals surface area contributed by atoms with Crippen LogP contribution in [0.15, 0.2) is 36.4 Å². The molecule has 2 atom stereocenters. The van der Waals surface area contributed by atoms with Gasteiger partial charge in [-0.25, -0.2) is 4.98 Å². The second-order valence-electron chi connectivity index (χ2n) is 10.8. The summed E-state index contributed by atoms with van der Waals surface area (Å²) in [5.41, 5.74) is 2.40. The standard InChI is InChI=1S/C28H34F3N3O3/c1-17-12-21(16-27(2,3)15-17)34-23-14-24(36-4)18(6-11-25(35)37-5)13-22(23)33-26(34)32-20-9-7-19(8-10-20)28(29,30)31/h7-10,13-14,17,21H,6,11-12,15-16H2,1-5H3,(H,32,33)/t17-,21+/m0/s1. The molecule has 2 aromatic carbocycles. The number of carbonyl (C=O) groups is 1. The number of hydrogen-bond acceptors (Lipinski definition) is 5. The molecule has 0 saturated heterocycles. The number of methoxy groups -OCH3 is 2. The van der Waals surface area contributed by atoms with E-state index in [9.17, 15) is 18.0 Å². The van der Waals surface area contributed by atoms with Crippen molar-refractivity contribution < 1.29 is 27.4 Å². The Hall–Kier alpha value is -3.23. The number of carbonyl (C=O) groups excluding carboxylic acids is 1. The first-order valence-corrected chi connectivity index (χ1v) is 12.5. The molecule has 200 valence electrons. The van der Waals surface area contributed by atoms with Crippen molar-refractivity contribution in [1.29, 1.82) is 0 Å². The van der Waals surface area contributed by atoms with Gasteiger partial charge in [-0.15, -0.1) is 0 Å². The first-order chi connectivity index (χ1) is 17.4. The quantitative estimate of drug-likeness (QED) is 0.333. The number of hydrogen-bond donors (Lipinski definition) is 1. The number of esters is 1. The van der Waals surface area contributed by atoms with Gasteiger partial charge in [0.15, 0.2) is 0 Å². The molecule has 1 N–H and O–H groups in total. The Morgan fingerprint density at radius 3 is 2.46 bits per heavy atom. The molecule has 1 aliphatic carbocycles. The summed E-state index contributed by atoms with van der Waals surface area (Å²) in [7, 11) is 2.95. The summed E-state index contributed by atoms with van der Waals surface area (Å²) in [6, 6.07) is 8.97. The maximum atomic E-state index is 13.1. The molecule has 0 radical (unpaired) electrons. The van der Waals surface area contributed by atoms with E-state index in [0.29, 0.717) is 29.7 Å². The second-order valence-corrected chi connectivity index (χ2v) is 10.8. The number of nitrogens with zero attached hydrogens (tertiary/aromatic N) is 2. The molecule has 6 nitrogen and oxygen atoms in total. The Labute approximate surface area is 215 Å². The van der Waals surface area contributed by atoms with Gasteiger partial charge >= 0.3 is 12.1 Å². The molecule has 37 heavy (non-hydrogen) atoms. The van der Waals surface area contributed by atoms with Gasteiger partial charge in [0.05, 0.1) is 30.8 Å². The molecule has 1 fully saturated rings. The van der Waals surface area contributed by atoms with E-state index in [1.54, 1.807) is 7.11 Å². The molecule has 9 heteroatoms. The fourth-order valence-electron chi connectivity index (χ4n) is 5.71. The van der Waals surface area contributed by atoms with Gasteiger partial charge in [0, 0.05) is 24.2 Å². The number of halogens is 3. The Morgan fingerprint density at radius 2 is 1.86 bits per heavy atom. The highest BCUT2D eigenvalue weighted by atomic mass is 19.4. The van der Waals surface area contributed by atoms with Gasteiger partial charge < -0.3 is 19.4 Å². The summed E-state index contributed by atoms with van der Waals surface area (Å²) in [5.74, 6) is 1.42. The van der Waals surface area contributed by atoms with Gasteiger partial charge in [-0.05, 0) is 72.9 Å². The van der Waals surface area contributed by atoms with Crippen molar-refractivity contribution in [2.24, 2.45) is 11.3 Å². The molecule has 1 aromatic heterocycles. The highest BCUT2D eigenvalue weighted by Crippen LogP contribution is 2.46. The third-order valence-electron chi connectivity index (χ3n) is 7.12. The summed E-state index contributed by atoms with van der Waals surface area (Å²) < 4.78 is 51.8. The lowest BCUT2D eigenvalue weighted by atomic mass is 9.70. The first-order valence-electron chi connectivity index (χ1n) is 12.5. The van der Waals surface area contributed by atoms with Crippen LogP contribution >= 0.6 is 0 Å². The minimum absolute atomic E-state index is 0.134.